The Hall–Kier alpha value is -4.72. The quantitative estimate of drug-likeness (QED) is 0.133. The van der Waals surface area contributed by atoms with Gasteiger partial charge in [0, 0.05) is 47.4 Å². The summed E-state index contributed by atoms with van der Waals surface area (Å²) >= 11 is 0. The molecule has 6 N–H and O–H groups in total. The molecule has 2 aliphatic rings. The van der Waals surface area contributed by atoms with Gasteiger partial charge < -0.3 is 21.7 Å². The lowest BCUT2D eigenvalue weighted by atomic mass is 9.81. The van der Waals surface area contributed by atoms with Gasteiger partial charge in [0.05, 0.1) is 0 Å². The first-order chi connectivity index (χ1) is 26.2. The van der Waals surface area contributed by atoms with Gasteiger partial charge in [-0.3, -0.25) is 24.3 Å². The second-order valence-corrected chi connectivity index (χ2v) is 14.9. The second kappa shape index (κ2) is 19.2. The van der Waals surface area contributed by atoms with E-state index in [1.807, 2.05) is 49.4 Å². The molecule has 55 heavy (non-hydrogen) atoms. The molecule has 2 heterocycles. The van der Waals surface area contributed by atoms with Crippen LogP contribution in [0.5, 0.6) is 0 Å². The number of nitrogens with two attached hydrogens (primary N) is 2. The second-order valence-electron chi connectivity index (χ2n) is 14.9. The highest BCUT2D eigenvalue weighted by Gasteiger charge is 2.36. The van der Waals surface area contributed by atoms with Gasteiger partial charge in [-0.25, -0.2) is 5.10 Å². The molecule has 14 heteroatoms. The summed E-state index contributed by atoms with van der Waals surface area (Å²) in [5.74, 6) is -0.167. The smallest absolute Gasteiger partial charge is 0.270 e. The Kier molecular flexibility index (Phi) is 14.5. The maximum Gasteiger partial charge on any atom is 0.270 e. The van der Waals surface area contributed by atoms with Crippen molar-refractivity contribution in [2.75, 3.05) is 24.5 Å². The van der Waals surface area contributed by atoms with E-state index in [-0.39, 0.29) is 42.6 Å². The van der Waals surface area contributed by atoms with Gasteiger partial charge in [0.2, 0.25) is 11.8 Å². The summed E-state index contributed by atoms with van der Waals surface area (Å²) in [4.78, 5) is 49.3. The molecule has 294 valence electrons. The largest absolute Gasteiger partial charge is 0.368 e. The third-order valence-corrected chi connectivity index (χ3v) is 11.6. The molecule has 4 aromatic rings. The highest BCUT2D eigenvalue weighted by atomic mass is 35.5. The van der Waals surface area contributed by atoms with Crippen LogP contribution >= 0.6 is 12.4 Å². The van der Waals surface area contributed by atoms with Crippen LogP contribution in [0, 0.1) is 18.8 Å². The molecule has 0 radical (unpaired) electrons. The van der Waals surface area contributed by atoms with Gasteiger partial charge in [-0.15, -0.1) is 17.5 Å². The lowest BCUT2D eigenvalue weighted by Crippen LogP contribution is -2.52. The molecule has 6 rings (SSSR count). The SMILES string of the molecule is CCN(CC)C1CCC(NC(=O)c2cc(C)c(-c3ccc(C[C@@H](C(N)=O)N(c4ccc(-c5nnn[nH]5)cc4)C(=O)[C@H]4CC[C@H](CN)CC4)cc3)cn2)CC1.Cl. The maximum absolute atomic E-state index is 14.3. The highest BCUT2D eigenvalue weighted by molar-refractivity contribution is 6.02. The van der Waals surface area contributed by atoms with Crippen LogP contribution in [-0.4, -0.2) is 86.0 Å². The number of amides is 3. The van der Waals surface area contributed by atoms with Crippen molar-refractivity contribution < 1.29 is 14.4 Å². The zero-order chi connectivity index (χ0) is 38.2. The predicted molar refractivity (Wildman–Crippen MR) is 216 cm³/mol. The minimum atomic E-state index is -0.915. The van der Waals surface area contributed by atoms with Crippen molar-refractivity contribution in [2.45, 2.75) is 96.7 Å². The number of nitrogens with zero attached hydrogens (tertiary/aromatic N) is 6. The van der Waals surface area contributed by atoms with E-state index in [0.29, 0.717) is 48.6 Å². The number of halogens is 1. The number of aromatic nitrogens is 5. The summed E-state index contributed by atoms with van der Waals surface area (Å²) in [5.41, 5.74) is 17.4. The number of carbonyl (C=O) groups is 3. The third kappa shape index (κ3) is 9.94. The zero-order valence-electron chi connectivity index (χ0n) is 32.1. The fourth-order valence-electron chi connectivity index (χ4n) is 8.29. The standard InChI is InChI=1S/C41H54N10O3.ClH/c1-4-50(5-2)33-20-16-32(17-21-33)45-40(53)36-22-26(3)35(25-44-36)29-10-6-27(7-11-29)23-37(38(43)52)51(41(54)31-12-8-28(24-42)9-13-31)34-18-14-30(15-19-34)39-46-48-49-47-39;/h6-7,10-11,14-15,18-19,22,25,28,31-33,37H,4-5,8-9,12-13,16-17,20-21,23-24,42H2,1-3H3,(H2,43,52)(H,45,53)(H,46,47,48,49);1H/t28-,31-,32?,33?,37-;/m0./s1. The molecule has 0 unspecified atom stereocenters. The van der Waals surface area contributed by atoms with E-state index in [2.05, 4.69) is 49.7 Å². The molecule has 0 bridgehead atoms. The van der Waals surface area contributed by atoms with E-state index in [4.69, 9.17) is 11.5 Å². The van der Waals surface area contributed by atoms with Crippen LogP contribution in [0.3, 0.4) is 0 Å². The van der Waals surface area contributed by atoms with Gasteiger partial charge in [0.1, 0.15) is 11.7 Å². The van der Waals surface area contributed by atoms with Crippen molar-refractivity contribution in [3.63, 3.8) is 0 Å². The van der Waals surface area contributed by atoms with Gasteiger partial charge in [-0.1, -0.05) is 38.1 Å². The zero-order valence-corrected chi connectivity index (χ0v) is 32.9. The van der Waals surface area contributed by atoms with Crippen LogP contribution in [0.1, 0.15) is 86.8 Å². The summed E-state index contributed by atoms with van der Waals surface area (Å²) in [6.45, 7) is 9.12. The molecule has 2 aliphatic carbocycles. The Balaban J connectivity index is 0.00000580. The number of benzene rings is 2. The van der Waals surface area contributed by atoms with Crippen molar-refractivity contribution in [1.29, 1.82) is 0 Å². The third-order valence-electron chi connectivity index (χ3n) is 11.6. The summed E-state index contributed by atoms with van der Waals surface area (Å²) in [7, 11) is 0. The Morgan fingerprint density at radius 2 is 1.56 bits per heavy atom. The molecule has 0 aliphatic heterocycles. The van der Waals surface area contributed by atoms with Gasteiger partial charge in [-0.2, -0.15) is 0 Å². The minimum Gasteiger partial charge on any atom is -0.368 e. The molecule has 2 fully saturated rings. The van der Waals surface area contributed by atoms with Crippen molar-refractivity contribution in [2.24, 2.45) is 23.3 Å². The van der Waals surface area contributed by atoms with E-state index < -0.39 is 11.9 Å². The molecule has 13 nitrogen and oxygen atoms in total. The lowest BCUT2D eigenvalue weighted by molar-refractivity contribution is -0.127. The molecule has 3 amide bonds. The number of anilines is 1. The number of H-pyrrole nitrogens is 1. The number of rotatable bonds is 14. The lowest BCUT2D eigenvalue weighted by Gasteiger charge is -2.36. The molecule has 2 aromatic heterocycles. The summed E-state index contributed by atoms with van der Waals surface area (Å²) in [5, 5.41) is 17.2. The van der Waals surface area contributed by atoms with Crippen molar-refractivity contribution in [1.82, 2.24) is 35.8 Å². The summed E-state index contributed by atoms with van der Waals surface area (Å²) in [6.07, 6.45) is 9.29. The fraction of sp³-hybridized carbons (Fsp3) is 0.488. The average Bonchev–Trinajstić information content (AvgIpc) is 3.75. The molecular formula is C41H55ClN10O3. The first-order valence-electron chi connectivity index (χ1n) is 19.5. The first kappa shape index (κ1) is 41.4. The fourth-order valence-corrected chi connectivity index (χ4v) is 8.29. The Labute approximate surface area is 329 Å². The van der Waals surface area contributed by atoms with E-state index in [9.17, 15) is 14.4 Å². The minimum absolute atomic E-state index is 0. The topological polar surface area (TPSA) is 189 Å². The molecule has 0 saturated heterocycles. The molecule has 2 saturated carbocycles. The molecule has 2 aromatic carbocycles. The summed E-state index contributed by atoms with van der Waals surface area (Å²) < 4.78 is 0. The number of aromatic amines is 1. The van der Waals surface area contributed by atoms with E-state index >= 15 is 0 Å². The van der Waals surface area contributed by atoms with E-state index in [1.165, 1.54) is 0 Å². The van der Waals surface area contributed by atoms with Gasteiger partial charge in [-0.05, 0) is 141 Å². The van der Waals surface area contributed by atoms with E-state index in [0.717, 1.165) is 79.4 Å². The van der Waals surface area contributed by atoms with Gasteiger partial charge in [0.15, 0.2) is 5.82 Å². The number of tetrazole rings is 1. The summed E-state index contributed by atoms with van der Waals surface area (Å²) in [6, 6.07) is 16.8. The van der Waals surface area contributed by atoms with Gasteiger partial charge in [0.25, 0.3) is 5.91 Å². The number of pyridine rings is 1. The monoisotopic (exact) mass is 770 g/mol. The first-order valence-corrected chi connectivity index (χ1v) is 19.5. The number of aryl methyl sites for hydroxylation is 1. The van der Waals surface area contributed by atoms with Crippen molar-refractivity contribution in [3.05, 3.63) is 77.6 Å². The van der Waals surface area contributed by atoms with Crippen LogP contribution in [0.15, 0.2) is 60.8 Å². The normalized spacial score (nSPS) is 20.3. The van der Waals surface area contributed by atoms with Crippen molar-refractivity contribution >= 4 is 35.8 Å². The number of hydrogen-bond donors (Lipinski definition) is 4. The van der Waals surface area contributed by atoms with Crippen molar-refractivity contribution in [3.8, 4) is 22.5 Å². The van der Waals surface area contributed by atoms with Crippen LogP contribution in [0.25, 0.3) is 22.5 Å². The predicted octanol–water partition coefficient (Wildman–Crippen LogP) is 5.24. The Morgan fingerprint density at radius 3 is 2.13 bits per heavy atom. The number of primary amides is 1. The Bertz CT molecular complexity index is 1850. The number of carbonyl (C=O) groups excluding carboxylic acids is 3. The van der Waals surface area contributed by atoms with E-state index in [1.54, 1.807) is 23.2 Å². The van der Waals surface area contributed by atoms with Crippen LogP contribution in [-0.2, 0) is 16.0 Å². The Morgan fingerprint density at radius 1 is 0.909 bits per heavy atom. The maximum atomic E-state index is 14.3. The average molecular weight is 771 g/mol. The molecule has 0 spiro atoms. The molecular weight excluding hydrogens is 716 g/mol. The number of nitrogens with one attached hydrogen (secondary N) is 2. The van der Waals surface area contributed by atoms with Gasteiger partial charge >= 0.3 is 0 Å². The van der Waals surface area contributed by atoms with Crippen LogP contribution in [0.2, 0.25) is 0 Å². The number of hydrogen-bond acceptors (Lipinski definition) is 9. The van der Waals surface area contributed by atoms with Crippen LogP contribution in [0.4, 0.5) is 5.69 Å². The molecule has 1 atom stereocenters. The van der Waals surface area contributed by atoms with Crippen LogP contribution < -0.4 is 21.7 Å². The highest BCUT2D eigenvalue weighted by Crippen LogP contribution is 2.33.